The second-order valence-corrected chi connectivity index (χ2v) is 8.48. The lowest BCUT2D eigenvalue weighted by molar-refractivity contribution is 0.0930. The molecule has 1 aliphatic rings. The Labute approximate surface area is 139 Å². The zero-order valence-corrected chi connectivity index (χ0v) is 14.7. The van der Waals surface area contributed by atoms with Crippen molar-refractivity contribution in [3.8, 4) is 0 Å². The maximum Gasteiger partial charge on any atom is 0.251 e. The molecule has 0 saturated heterocycles. The Morgan fingerprint density at radius 3 is 2.04 bits per heavy atom. The van der Waals surface area contributed by atoms with Crippen molar-refractivity contribution in [2.24, 2.45) is 0 Å². The van der Waals surface area contributed by atoms with Gasteiger partial charge < -0.3 is 5.32 Å². The Kier molecular flexibility index (Phi) is 6.18. The van der Waals surface area contributed by atoms with E-state index in [0.29, 0.717) is 5.56 Å². The lowest BCUT2D eigenvalue weighted by Gasteiger charge is -2.21. The van der Waals surface area contributed by atoms with Crippen LogP contribution in [0.4, 0.5) is 0 Å². The molecule has 1 saturated carbocycles. The summed E-state index contributed by atoms with van der Waals surface area (Å²) in [4.78, 5) is 12.5. The quantitative estimate of drug-likeness (QED) is 0.918. The molecule has 0 radical (unpaired) electrons. The van der Waals surface area contributed by atoms with E-state index >= 15 is 0 Å². The largest absolute Gasteiger partial charge is 0.349 e. The molecule has 23 heavy (non-hydrogen) atoms. The third-order valence-corrected chi connectivity index (χ3v) is 6.16. The van der Waals surface area contributed by atoms with E-state index in [-0.39, 0.29) is 16.8 Å². The topological polar surface area (TPSA) is 66.5 Å². The number of benzene rings is 1. The third-order valence-electron chi connectivity index (χ3n) is 4.34. The summed E-state index contributed by atoms with van der Waals surface area (Å²) in [5, 5.41) is 3.09. The van der Waals surface area contributed by atoms with Crippen LogP contribution in [-0.4, -0.2) is 38.8 Å². The maximum atomic E-state index is 12.3. The number of hydrogen-bond acceptors (Lipinski definition) is 3. The average Bonchev–Trinajstić information content (AvgIpc) is 2.49. The predicted octanol–water partition coefficient (Wildman–Crippen LogP) is 2.78. The van der Waals surface area contributed by atoms with Crippen LogP contribution in [-0.2, 0) is 10.0 Å². The van der Waals surface area contributed by atoms with Gasteiger partial charge in [-0.05, 0) is 37.1 Å². The van der Waals surface area contributed by atoms with Crippen molar-refractivity contribution in [2.45, 2.75) is 55.9 Å². The van der Waals surface area contributed by atoms with Crippen LogP contribution < -0.4 is 5.32 Å². The Balaban J connectivity index is 2.02. The van der Waals surface area contributed by atoms with Crippen LogP contribution in [0.25, 0.3) is 0 Å². The third kappa shape index (κ3) is 4.78. The van der Waals surface area contributed by atoms with Gasteiger partial charge in [0.1, 0.15) is 0 Å². The molecular formula is C17H26N2O3S. The minimum atomic E-state index is -3.45. The SMILES string of the molecule is CN(C)S(=O)(=O)c1ccc(C(=O)NC2CCCCCCC2)cc1. The Bertz CT molecular complexity index is 616. The zero-order valence-electron chi connectivity index (χ0n) is 13.9. The molecule has 1 aliphatic carbocycles. The highest BCUT2D eigenvalue weighted by molar-refractivity contribution is 7.89. The first-order valence-corrected chi connectivity index (χ1v) is 9.69. The molecular weight excluding hydrogens is 312 g/mol. The van der Waals surface area contributed by atoms with Crippen LogP contribution in [0.3, 0.4) is 0 Å². The first-order chi connectivity index (χ1) is 10.9. The summed E-state index contributed by atoms with van der Waals surface area (Å²) in [6, 6.07) is 6.36. The summed E-state index contributed by atoms with van der Waals surface area (Å²) in [6.45, 7) is 0. The molecule has 5 nitrogen and oxygen atoms in total. The van der Waals surface area contributed by atoms with Gasteiger partial charge in [-0.15, -0.1) is 0 Å². The molecule has 2 rings (SSSR count). The van der Waals surface area contributed by atoms with Gasteiger partial charge >= 0.3 is 0 Å². The molecule has 0 aliphatic heterocycles. The van der Waals surface area contributed by atoms with Gasteiger partial charge in [0.25, 0.3) is 5.91 Å². The molecule has 1 aromatic carbocycles. The summed E-state index contributed by atoms with van der Waals surface area (Å²) in [5.74, 6) is -0.121. The summed E-state index contributed by atoms with van der Waals surface area (Å²) < 4.78 is 25.2. The maximum absolute atomic E-state index is 12.3. The van der Waals surface area contributed by atoms with Gasteiger partial charge in [-0.1, -0.05) is 32.1 Å². The minimum Gasteiger partial charge on any atom is -0.349 e. The molecule has 1 fully saturated rings. The zero-order chi connectivity index (χ0) is 16.9. The molecule has 1 amide bonds. The molecule has 1 N–H and O–H groups in total. The fraction of sp³-hybridized carbons (Fsp3) is 0.588. The van der Waals surface area contributed by atoms with E-state index in [1.165, 1.54) is 45.5 Å². The van der Waals surface area contributed by atoms with Crippen molar-refractivity contribution in [1.29, 1.82) is 0 Å². The van der Waals surface area contributed by atoms with Crippen molar-refractivity contribution in [2.75, 3.05) is 14.1 Å². The van der Waals surface area contributed by atoms with Crippen LogP contribution in [0.2, 0.25) is 0 Å². The summed E-state index contributed by atoms with van der Waals surface area (Å²) in [7, 11) is -0.472. The lowest BCUT2D eigenvalue weighted by Crippen LogP contribution is -2.35. The number of rotatable bonds is 4. The Hall–Kier alpha value is -1.40. The van der Waals surface area contributed by atoms with Crippen LogP contribution in [0.5, 0.6) is 0 Å². The van der Waals surface area contributed by atoms with E-state index in [0.717, 1.165) is 30.0 Å². The number of carbonyl (C=O) groups excluding carboxylic acids is 1. The van der Waals surface area contributed by atoms with E-state index in [1.54, 1.807) is 12.1 Å². The van der Waals surface area contributed by atoms with Crippen molar-refractivity contribution in [3.05, 3.63) is 29.8 Å². The van der Waals surface area contributed by atoms with E-state index in [2.05, 4.69) is 5.32 Å². The smallest absolute Gasteiger partial charge is 0.251 e. The number of amides is 1. The monoisotopic (exact) mass is 338 g/mol. The highest BCUT2D eigenvalue weighted by atomic mass is 32.2. The van der Waals surface area contributed by atoms with Gasteiger partial charge in [0.15, 0.2) is 0 Å². The Morgan fingerprint density at radius 2 is 1.52 bits per heavy atom. The van der Waals surface area contributed by atoms with E-state index in [1.807, 2.05) is 0 Å². The summed E-state index contributed by atoms with van der Waals surface area (Å²) in [5.41, 5.74) is 0.504. The van der Waals surface area contributed by atoms with Gasteiger partial charge in [0.05, 0.1) is 4.90 Å². The molecule has 0 unspecified atom stereocenters. The number of nitrogens with zero attached hydrogens (tertiary/aromatic N) is 1. The minimum absolute atomic E-state index is 0.121. The first-order valence-electron chi connectivity index (χ1n) is 8.25. The predicted molar refractivity (Wildman–Crippen MR) is 90.9 cm³/mol. The normalized spacial score (nSPS) is 17.5. The molecule has 128 valence electrons. The van der Waals surface area contributed by atoms with Gasteiger partial charge in [0, 0.05) is 25.7 Å². The molecule has 0 atom stereocenters. The standard InChI is InChI=1S/C17H26N2O3S/c1-19(2)23(21,22)16-12-10-14(11-13-16)17(20)18-15-8-6-4-3-5-7-9-15/h10-13,15H,3-9H2,1-2H3,(H,18,20). The van der Waals surface area contributed by atoms with Crippen LogP contribution in [0, 0.1) is 0 Å². The van der Waals surface area contributed by atoms with Gasteiger partial charge in [-0.2, -0.15) is 0 Å². The fourth-order valence-electron chi connectivity index (χ4n) is 2.86. The van der Waals surface area contributed by atoms with E-state index in [9.17, 15) is 13.2 Å². The number of hydrogen-bond donors (Lipinski definition) is 1. The van der Waals surface area contributed by atoms with Gasteiger partial charge in [0.2, 0.25) is 10.0 Å². The first kappa shape index (κ1) is 17.9. The van der Waals surface area contributed by atoms with Gasteiger partial charge in [-0.25, -0.2) is 12.7 Å². The van der Waals surface area contributed by atoms with E-state index in [4.69, 9.17) is 0 Å². The van der Waals surface area contributed by atoms with E-state index < -0.39 is 10.0 Å². The molecule has 0 bridgehead atoms. The lowest BCUT2D eigenvalue weighted by atomic mass is 9.96. The molecule has 1 aromatic rings. The number of carbonyl (C=O) groups is 1. The van der Waals surface area contributed by atoms with Crippen LogP contribution in [0.15, 0.2) is 29.2 Å². The summed E-state index contributed by atoms with van der Waals surface area (Å²) in [6.07, 6.45) is 8.14. The van der Waals surface area contributed by atoms with Crippen LogP contribution >= 0.6 is 0 Å². The number of nitrogens with one attached hydrogen (secondary N) is 1. The van der Waals surface area contributed by atoms with Crippen molar-refractivity contribution in [3.63, 3.8) is 0 Å². The van der Waals surface area contributed by atoms with Crippen LogP contribution in [0.1, 0.15) is 55.3 Å². The van der Waals surface area contributed by atoms with Gasteiger partial charge in [-0.3, -0.25) is 4.79 Å². The summed E-state index contributed by atoms with van der Waals surface area (Å²) >= 11 is 0. The second kappa shape index (κ2) is 7.93. The molecule has 0 spiro atoms. The van der Waals surface area contributed by atoms with Crippen molar-refractivity contribution in [1.82, 2.24) is 9.62 Å². The molecule has 6 heteroatoms. The van der Waals surface area contributed by atoms with Crippen molar-refractivity contribution >= 4 is 15.9 Å². The van der Waals surface area contributed by atoms with Crippen molar-refractivity contribution < 1.29 is 13.2 Å². The fourth-order valence-corrected chi connectivity index (χ4v) is 3.76. The average molecular weight is 338 g/mol. The Morgan fingerprint density at radius 1 is 1.00 bits per heavy atom. The second-order valence-electron chi connectivity index (χ2n) is 6.33. The number of sulfonamides is 1. The molecule has 0 heterocycles. The highest BCUT2D eigenvalue weighted by Gasteiger charge is 2.19. The molecule has 0 aromatic heterocycles. The highest BCUT2D eigenvalue weighted by Crippen LogP contribution is 2.18.